The van der Waals surface area contributed by atoms with Gasteiger partial charge in [0.05, 0.1) is 12.1 Å². The number of methoxy groups -OCH3 is 1. The van der Waals surface area contributed by atoms with Crippen LogP contribution in [0.3, 0.4) is 0 Å². The lowest BCUT2D eigenvalue weighted by Crippen LogP contribution is -2.10. The number of halogens is 2. The Hall–Kier alpha value is -2.27. The van der Waals surface area contributed by atoms with Crippen molar-refractivity contribution in [2.45, 2.75) is 6.61 Å². The van der Waals surface area contributed by atoms with Gasteiger partial charge in [0, 0.05) is 11.3 Å². The van der Waals surface area contributed by atoms with E-state index in [1.807, 2.05) is 0 Å². The minimum atomic E-state index is -0.662. The summed E-state index contributed by atoms with van der Waals surface area (Å²) in [6.45, 7) is -0.160. The van der Waals surface area contributed by atoms with E-state index >= 15 is 0 Å². The van der Waals surface area contributed by atoms with E-state index in [0.717, 1.165) is 0 Å². The van der Waals surface area contributed by atoms with E-state index in [1.54, 1.807) is 24.3 Å². The zero-order valence-corrected chi connectivity index (χ0v) is 12.0. The highest BCUT2D eigenvalue weighted by Gasteiger charge is 2.18. The second-order valence-electron chi connectivity index (χ2n) is 4.21. The van der Waals surface area contributed by atoms with Crippen LogP contribution in [-0.2, 0) is 11.3 Å². The summed E-state index contributed by atoms with van der Waals surface area (Å²) in [6, 6.07) is 9.11. The number of ether oxygens (including phenoxy) is 2. The van der Waals surface area contributed by atoms with E-state index < -0.39 is 11.8 Å². The second kappa shape index (κ2) is 6.45. The minimum Gasteiger partial charge on any atom is -0.496 e. The van der Waals surface area contributed by atoms with E-state index in [0.29, 0.717) is 11.3 Å². The summed E-state index contributed by atoms with van der Waals surface area (Å²) in [4.78, 5) is 12.1. The first kappa shape index (κ1) is 15.1. The van der Waals surface area contributed by atoms with Crippen LogP contribution in [0.15, 0.2) is 36.4 Å². The van der Waals surface area contributed by atoms with Crippen molar-refractivity contribution in [3.05, 3.63) is 58.4 Å². The summed E-state index contributed by atoms with van der Waals surface area (Å²) in [5.41, 5.74) is 6.50. The maximum atomic E-state index is 13.3. The molecule has 0 unspecified atom stereocenters. The first-order valence-electron chi connectivity index (χ1n) is 6.07. The molecule has 6 heteroatoms. The molecule has 2 aromatic rings. The monoisotopic (exact) mass is 309 g/mol. The molecule has 0 heterocycles. The molecule has 2 rings (SSSR count). The SMILES string of the molecule is COc1cccc(N)c1C(=O)OCc1cccc(F)c1Cl. The highest BCUT2D eigenvalue weighted by molar-refractivity contribution is 6.31. The molecule has 0 radical (unpaired) electrons. The summed E-state index contributed by atoms with van der Waals surface area (Å²) in [5.74, 6) is -0.919. The van der Waals surface area contributed by atoms with Gasteiger partial charge in [-0.05, 0) is 18.2 Å². The molecule has 2 aromatic carbocycles. The molecule has 110 valence electrons. The average molecular weight is 310 g/mol. The Balaban J connectivity index is 2.18. The van der Waals surface area contributed by atoms with Crippen molar-refractivity contribution in [1.29, 1.82) is 0 Å². The third-order valence-corrected chi connectivity index (χ3v) is 3.30. The van der Waals surface area contributed by atoms with Gasteiger partial charge in [-0.15, -0.1) is 0 Å². The normalized spacial score (nSPS) is 10.2. The van der Waals surface area contributed by atoms with Crippen molar-refractivity contribution in [1.82, 2.24) is 0 Å². The molecule has 0 spiro atoms. The number of carbonyl (C=O) groups is 1. The van der Waals surface area contributed by atoms with E-state index in [1.165, 1.54) is 19.2 Å². The molecule has 0 saturated carbocycles. The van der Waals surface area contributed by atoms with Gasteiger partial charge in [0.15, 0.2) is 0 Å². The summed E-state index contributed by atoms with van der Waals surface area (Å²) < 4.78 is 23.5. The van der Waals surface area contributed by atoms with Gasteiger partial charge in [0.1, 0.15) is 23.7 Å². The number of nitrogens with two attached hydrogens (primary N) is 1. The van der Waals surface area contributed by atoms with Crippen LogP contribution in [0.25, 0.3) is 0 Å². The van der Waals surface area contributed by atoms with Gasteiger partial charge in [-0.1, -0.05) is 29.8 Å². The van der Waals surface area contributed by atoms with Gasteiger partial charge in [-0.3, -0.25) is 0 Å². The average Bonchev–Trinajstić information content (AvgIpc) is 2.48. The van der Waals surface area contributed by atoms with Crippen LogP contribution in [-0.4, -0.2) is 13.1 Å². The quantitative estimate of drug-likeness (QED) is 0.694. The van der Waals surface area contributed by atoms with E-state index in [9.17, 15) is 9.18 Å². The molecule has 0 saturated heterocycles. The fourth-order valence-electron chi connectivity index (χ4n) is 1.81. The molecule has 0 aliphatic carbocycles. The summed E-state index contributed by atoms with van der Waals surface area (Å²) in [6.07, 6.45) is 0. The Morgan fingerprint density at radius 3 is 2.71 bits per heavy atom. The maximum Gasteiger partial charge on any atom is 0.344 e. The molecular weight excluding hydrogens is 297 g/mol. The van der Waals surface area contributed by atoms with Crippen LogP contribution < -0.4 is 10.5 Å². The van der Waals surface area contributed by atoms with Gasteiger partial charge in [-0.2, -0.15) is 0 Å². The van der Waals surface area contributed by atoms with Crippen molar-refractivity contribution in [2.24, 2.45) is 0 Å². The number of benzene rings is 2. The number of rotatable bonds is 4. The fourth-order valence-corrected chi connectivity index (χ4v) is 1.99. The van der Waals surface area contributed by atoms with Crippen molar-refractivity contribution in [3.8, 4) is 5.75 Å². The summed E-state index contributed by atoms with van der Waals surface area (Å²) in [7, 11) is 1.43. The van der Waals surface area contributed by atoms with Crippen LogP contribution in [0.1, 0.15) is 15.9 Å². The first-order valence-corrected chi connectivity index (χ1v) is 6.45. The standard InChI is InChI=1S/C15H13ClFNO3/c1-20-12-7-3-6-11(18)13(12)15(19)21-8-9-4-2-5-10(17)14(9)16/h2-7H,8,18H2,1H3. The summed E-state index contributed by atoms with van der Waals surface area (Å²) >= 11 is 5.80. The smallest absolute Gasteiger partial charge is 0.344 e. The Labute approximate surface area is 126 Å². The molecule has 0 atom stereocenters. The van der Waals surface area contributed by atoms with Crippen LogP contribution in [0.2, 0.25) is 5.02 Å². The molecule has 0 aliphatic rings. The topological polar surface area (TPSA) is 61.5 Å². The lowest BCUT2D eigenvalue weighted by molar-refractivity contribution is 0.0470. The first-order chi connectivity index (χ1) is 10.0. The fraction of sp³-hybridized carbons (Fsp3) is 0.133. The van der Waals surface area contributed by atoms with Gasteiger partial charge in [0.25, 0.3) is 0 Å². The highest BCUT2D eigenvalue weighted by Crippen LogP contribution is 2.26. The Bertz CT molecular complexity index is 676. The highest BCUT2D eigenvalue weighted by atomic mass is 35.5. The molecular formula is C15H13ClFNO3. The van der Waals surface area contributed by atoms with E-state index in [2.05, 4.69) is 0 Å². The van der Waals surface area contributed by atoms with Gasteiger partial charge < -0.3 is 15.2 Å². The van der Waals surface area contributed by atoms with Crippen LogP contribution >= 0.6 is 11.6 Å². The van der Waals surface area contributed by atoms with E-state index in [-0.39, 0.29) is 22.9 Å². The number of hydrogen-bond acceptors (Lipinski definition) is 4. The largest absolute Gasteiger partial charge is 0.496 e. The molecule has 0 fully saturated rings. The third kappa shape index (κ3) is 3.25. The summed E-state index contributed by atoms with van der Waals surface area (Å²) in [5, 5.41) is -0.0710. The Kier molecular flexibility index (Phi) is 4.65. The van der Waals surface area contributed by atoms with Crippen molar-refractivity contribution >= 4 is 23.3 Å². The van der Waals surface area contributed by atoms with Crippen molar-refractivity contribution in [3.63, 3.8) is 0 Å². The zero-order chi connectivity index (χ0) is 15.4. The molecule has 0 bridgehead atoms. The van der Waals surface area contributed by atoms with Gasteiger partial charge in [-0.25, -0.2) is 9.18 Å². The molecule has 21 heavy (non-hydrogen) atoms. The van der Waals surface area contributed by atoms with Gasteiger partial charge in [0.2, 0.25) is 0 Å². The van der Waals surface area contributed by atoms with Crippen LogP contribution in [0.5, 0.6) is 5.75 Å². The Morgan fingerprint density at radius 2 is 2.00 bits per heavy atom. The minimum absolute atomic E-state index is 0.0710. The lowest BCUT2D eigenvalue weighted by Gasteiger charge is -2.11. The molecule has 4 nitrogen and oxygen atoms in total. The van der Waals surface area contributed by atoms with E-state index in [4.69, 9.17) is 26.8 Å². The second-order valence-corrected chi connectivity index (χ2v) is 4.59. The van der Waals surface area contributed by atoms with Crippen LogP contribution in [0.4, 0.5) is 10.1 Å². The number of anilines is 1. The predicted octanol–water partition coefficient (Wildman–Crippen LogP) is 3.43. The zero-order valence-electron chi connectivity index (χ0n) is 11.2. The number of hydrogen-bond donors (Lipinski definition) is 1. The lowest BCUT2D eigenvalue weighted by atomic mass is 10.1. The molecule has 0 amide bonds. The van der Waals surface area contributed by atoms with Crippen LogP contribution in [0, 0.1) is 5.82 Å². The van der Waals surface area contributed by atoms with Crippen molar-refractivity contribution < 1.29 is 18.7 Å². The van der Waals surface area contributed by atoms with Crippen molar-refractivity contribution in [2.75, 3.05) is 12.8 Å². The number of nitrogen functional groups attached to an aromatic ring is 1. The predicted molar refractivity (Wildman–Crippen MR) is 77.9 cm³/mol. The molecule has 0 aliphatic heterocycles. The Morgan fingerprint density at radius 1 is 1.29 bits per heavy atom. The number of esters is 1. The number of carbonyl (C=O) groups excluding carboxylic acids is 1. The molecule has 2 N–H and O–H groups in total. The molecule has 0 aromatic heterocycles. The third-order valence-electron chi connectivity index (χ3n) is 2.87. The maximum absolute atomic E-state index is 13.3. The van der Waals surface area contributed by atoms with Gasteiger partial charge >= 0.3 is 5.97 Å².